The highest BCUT2D eigenvalue weighted by Crippen LogP contribution is 2.44. The molecule has 0 aromatic heterocycles. The smallest absolute Gasteiger partial charge is 0.127 e. The van der Waals surface area contributed by atoms with E-state index in [1.807, 2.05) is 20.8 Å². The van der Waals surface area contributed by atoms with Crippen LogP contribution < -0.4 is 10.5 Å². The third-order valence-corrected chi connectivity index (χ3v) is 5.00. The molecule has 3 N–H and O–H groups in total. The van der Waals surface area contributed by atoms with Gasteiger partial charge in [-0.25, -0.2) is 0 Å². The van der Waals surface area contributed by atoms with Crippen LogP contribution in [0.15, 0.2) is 0 Å². The summed E-state index contributed by atoms with van der Waals surface area (Å²) in [5.41, 5.74) is 9.68. The molecule has 2 rings (SSSR count). The van der Waals surface area contributed by atoms with Crippen molar-refractivity contribution >= 4 is 0 Å². The van der Waals surface area contributed by atoms with Crippen molar-refractivity contribution < 1.29 is 9.84 Å². The normalized spacial score (nSPS) is 21.0. The Kier molecular flexibility index (Phi) is 4.82. The average molecular weight is 291 g/mol. The van der Waals surface area contributed by atoms with Gasteiger partial charge in [-0.3, -0.25) is 0 Å². The van der Waals surface area contributed by atoms with Crippen LogP contribution in [0.25, 0.3) is 0 Å². The van der Waals surface area contributed by atoms with Gasteiger partial charge in [0.2, 0.25) is 0 Å². The zero-order chi connectivity index (χ0) is 15.6. The number of phenols is 1. The first kappa shape index (κ1) is 16.2. The van der Waals surface area contributed by atoms with Gasteiger partial charge >= 0.3 is 0 Å². The summed E-state index contributed by atoms with van der Waals surface area (Å²) in [5.74, 6) is 1.44. The average Bonchev–Trinajstić information content (AvgIpc) is 2.47. The molecule has 1 aliphatic heterocycles. The Morgan fingerprint density at radius 2 is 1.81 bits per heavy atom. The molecule has 118 valence electrons. The predicted octanol–water partition coefficient (Wildman–Crippen LogP) is 3.92. The number of unbranched alkanes of at least 4 members (excludes halogenated alkanes) is 2. The molecule has 0 amide bonds. The Morgan fingerprint density at radius 1 is 1.10 bits per heavy atom. The van der Waals surface area contributed by atoms with Crippen molar-refractivity contribution in [3.05, 3.63) is 22.3 Å². The van der Waals surface area contributed by atoms with Gasteiger partial charge in [-0.05, 0) is 83.0 Å². The molecule has 0 radical (unpaired) electrons. The third-order valence-electron chi connectivity index (χ3n) is 5.00. The number of phenolic OH excluding ortho intramolecular Hbond substituents is 1. The number of aromatic hydroxyl groups is 1. The lowest BCUT2D eigenvalue weighted by Gasteiger charge is -2.38. The SMILES string of the molecule is Cc1c(C)c2c(c(C)c1O)CC[C@@](C)(CCCCCN)O2. The van der Waals surface area contributed by atoms with Gasteiger partial charge in [0, 0.05) is 5.56 Å². The van der Waals surface area contributed by atoms with E-state index in [1.165, 1.54) is 12.0 Å². The molecule has 0 spiro atoms. The summed E-state index contributed by atoms with van der Waals surface area (Å²) in [5, 5.41) is 10.2. The molecule has 1 heterocycles. The van der Waals surface area contributed by atoms with E-state index in [4.69, 9.17) is 10.5 Å². The van der Waals surface area contributed by atoms with E-state index in [0.29, 0.717) is 5.75 Å². The largest absolute Gasteiger partial charge is 0.507 e. The zero-order valence-electron chi connectivity index (χ0n) is 13.9. The van der Waals surface area contributed by atoms with E-state index >= 15 is 0 Å². The maximum atomic E-state index is 10.2. The molecule has 3 nitrogen and oxygen atoms in total. The first-order valence-electron chi connectivity index (χ1n) is 8.10. The van der Waals surface area contributed by atoms with Crippen molar-refractivity contribution in [2.45, 2.75) is 71.8 Å². The lowest BCUT2D eigenvalue weighted by atomic mass is 9.84. The molecule has 0 aliphatic carbocycles. The van der Waals surface area contributed by atoms with Gasteiger partial charge in [0.25, 0.3) is 0 Å². The minimum absolute atomic E-state index is 0.0811. The molecule has 21 heavy (non-hydrogen) atoms. The number of hydrogen-bond donors (Lipinski definition) is 2. The van der Waals surface area contributed by atoms with Crippen LogP contribution in [0.3, 0.4) is 0 Å². The van der Waals surface area contributed by atoms with E-state index in [2.05, 4.69) is 6.92 Å². The summed E-state index contributed by atoms with van der Waals surface area (Å²) in [6, 6.07) is 0. The molecule has 1 aromatic rings. The van der Waals surface area contributed by atoms with Crippen molar-refractivity contribution in [3.8, 4) is 11.5 Å². The standard InChI is InChI=1S/C18H29NO2/c1-12-13(2)17-15(14(3)16(12)20)8-10-18(4,21-17)9-6-5-7-11-19/h20H,5-11,19H2,1-4H3/t18-/m1/s1. The van der Waals surface area contributed by atoms with Gasteiger partial charge in [0.1, 0.15) is 17.1 Å². The van der Waals surface area contributed by atoms with Gasteiger partial charge in [0.15, 0.2) is 0 Å². The Hall–Kier alpha value is -1.22. The number of benzene rings is 1. The van der Waals surface area contributed by atoms with E-state index in [-0.39, 0.29) is 5.60 Å². The predicted molar refractivity (Wildman–Crippen MR) is 87.2 cm³/mol. The molecule has 1 aromatic carbocycles. The van der Waals surface area contributed by atoms with Crippen LogP contribution in [0, 0.1) is 20.8 Å². The second kappa shape index (κ2) is 6.27. The fraction of sp³-hybridized carbons (Fsp3) is 0.667. The van der Waals surface area contributed by atoms with Crippen LogP contribution in [0.2, 0.25) is 0 Å². The summed E-state index contributed by atoms with van der Waals surface area (Å²) < 4.78 is 6.40. The fourth-order valence-corrected chi connectivity index (χ4v) is 3.29. The topological polar surface area (TPSA) is 55.5 Å². The molecule has 0 bridgehead atoms. The molecule has 0 unspecified atom stereocenters. The summed E-state index contributed by atoms with van der Waals surface area (Å²) in [4.78, 5) is 0. The minimum Gasteiger partial charge on any atom is -0.507 e. The second-order valence-corrected chi connectivity index (χ2v) is 6.68. The third kappa shape index (κ3) is 3.18. The van der Waals surface area contributed by atoms with Crippen molar-refractivity contribution in [2.24, 2.45) is 5.73 Å². The van der Waals surface area contributed by atoms with E-state index < -0.39 is 0 Å². The van der Waals surface area contributed by atoms with E-state index in [9.17, 15) is 5.11 Å². The number of fused-ring (bicyclic) bond motifs is 1. The number of nitrogens with two attached hydrogens (primary N) is 1. The van der Waals surface area contributed by atoms with Crippen LogP contribution in [0.5, 0.6) is 11.5 Å². The first-order chi connectivity index (χ1) is 9.89. The maximum absolute atomic E-state index is 10.2. The molecular formula is C18H29NO2. The zero-order valence-corrected chi connectivity index (χ0v) is 13.9. The Bertz CT molecular complexity index is 525. The molecule has 1 atom stereocenters. The number of ether oxygens (including phenoxy) is 1. The van der Waals surface area contributed by atoms with Crippen molar-refractivity contribution in [2.75, 3.05) is 6.54 Å². The van der Waals surface area contributed by atoms with Crippen LogP contribution in [0.1, 0.15) is 61.3 Å². The summed E-state index contributed by atoms with van der Waals surface area (Å²) in [6.45, 7) is 9.00. The number of hydrogen-bond acceptors (Lipinski definition) is 3. The lowest BCUT2D eigenvalue weighted by molar-refractivity contribution is 0.0522. The highest BCUT2D eigenvalue weighted by Gasteiger charge is 2.33. The van der Waals surface area contributed by atoms with Crippen LogP contribution in [-0.4, -0.2) is 17.3 Å². The van der Waals surface area contributed by atoms with Crippen molar-refractivity contribution in [1.29, 1.82) is 0 Å². The quantitative estimate of drug-likeness (QED) is 0.808. The lowest BCUT2D eigenvalue weighted by Crippen LogP contribution is -2.37. The maximum Gasteiger partial charge on any atom is 0.127 e. The molecule has 0 saturated heterocycles. The highest BCUT2D eigenvalue weighted by molar-refractivity contribution is 5.58. The molecule has 1 aliphatic rings. The van der Waals surface area contributed by atoms with Crippen molar-refractivity contribution in [1.82, 2.24) is 0 Å². The fourth-order valence-electron chi connectivity index (χ4n) is 3.29. The minimum atomic E-state index is -0.0811. The monoisotopic (exact) mass is 291 g/mol. The van der Waals surface area contributed by atoms with Crippen molar-refractivity contribution in [3.63, 3.8) is 0 Å². The van der Waals surface area contributed by atoms with E-state index in [0.717, 1.165) is 61.1 Å². The molecule has 3 heteroatoms. The Labute approximate surface area is 128 Å². The van der Waals surface area contributed by atoms with Gasteiger partial charge in [-0.15, -0.1) is 0 Å². The summed E-state index contributed by atoms with van der Waals surface area (Å²) in [6.07, 6.45) is 6.52. The van der Waals surface area contributed by atoms with Gasteiger partial charge in [0.05, 0.1) is 0 Å². The van der Waals surface area contributed by atoms with Gasteiger partial charge < -0.3 is 15.6 Å². The second-order valence-electron chi connectivity index (χ2n) is 6.68. The van der Waals surface area contributed by atoms with Crippen LogP contribution >= 0.6 is 0 Å². The number of rotatable bonds is 5. The Morgan fingerprint density at radius 3 is 2.48 bits per heavy atom. The summed E-state index contributed by atoms with van der Waals surface area (Å²) in [7, 11) is 0. The Balaban J connectivity index is 2.20. The molecule has 0 saturated carbocycles. The summed E-state index contributed by atoms with van der Waals surface area (Å²) >= 11 is 0. The molecular weight excluding hydrogens is 262 g/mol. The van der Waals surface area contributed by atoms with Crippen LogP contribution in [-0.2, 0) is 6.42 Å². The van der Waals surface area contributed by atoms with Gasteiger partial charge in [-0.2, -0.15) is 0 Å². The van der Waals surface area contributed by atoms with Crippen LogP contribution in [0.4, 0.5) is 0 Å². The highest BCUT2D eigenvalue weighted by atomic mass is 16.5. The van der Waals surface area contributed by atoms with Gasteiger partial charge in [-0.1, -0.05) is 6.42 Å². The molecule has 0 fully saturated rings. The first-order valence-corrected chi connectivity index (χ1v) is 8.10. The van der Waals surface area contributed by atoms with E-state index in [1.54, 1.807) is 0 Å².